The third kappa shape index (κ3) is 10.8. The Morgan fingerprint density at radius 1 is 0.941 bits per heavy atom. The van der Waals surface area contributed by atoms with Crippen molar-refractivity contribution in [3.8, 4) is 0 Å². The van der Waals surface area contributed by atoms with Crippen LogP contribution in [0.3, 0.4) is 0 Å². The van der Waals surface area contributed by atoms with Crippen LogP contribution in [0.1, 0.15) is 60.3 Å². The number of nitrogens with zero attached hydrogens (tertiary/aromatic N) is 1. The Bertz CT molecular complexity index is 166. The minimum Gasteiger partial charge on any atom is -0.315 e. The van der Waals surface area contributed by atoms with Crippen molar-refractivity contribution >= 4 is 0 Å². The summed E-state index contributed by atoms with van der Waals surface area (Å²) in [6.45, 7) is 13.8. The average molecular weight is 242 g/mol. The van der Waals surface area contributed by atoms with E-state index in [0.29, 0.717) is 6.04 Å². The second kappa shape index (κ2) is 9.90. The first kappa shape index (κ1) is 16.9. The van der Waals surface area contributed by atoms with Crippen LogP contribution in [-0.2, 0) is 0 Å². The van der Waals surface area contributed by atoms with Crippen molar-refractivity contribution in [1.82, 2.24) is 10.2 Å². The molecule has 0 aromatic rings. The molecule has 2 heteroatoms. The standard InChI is InChI=1S/C15H34N2/c1-13(2)12-15(5)17(6)11-9-7-8-10-16-14(3)4/h13-16H,7-12H2,1-6H3. The number of unbranched alkanes of at least 4 members (excludes halogenated alkanes) is 2. The second-order valence-electron chi connectivity index (χ2n) is 6.13. The first-order chi connectivity index (χ1) is 7.93. The van der Waals surface area contributed by atoms with Gasteiger partial charge >= 0.3 is 0 Å². The Morgan fingerprint density at radius 3 is 2.12 bits per heavy atom. The SMILES string of the molecule is CC(C)CC(C)N(C)CCCCCNC(C)C. The molecular formula is C15H34N2. The van der Waals surface area contributed by atoms with Crippen LogP contribution in [-0.4, -0.2) is 37.1 Å². The first-order valence-electron chi connectivity index (χ1n) is 7.37. The van der Waals surface area contributed by atoms with Gasteiger partial charge in [0, 0.05) is 12.1 Å². The molecule has 0 amide bonds. The number of rotatable bonds is 10. The van der Waals surface area contributed by atoms with Crippen LogP contribution in [0.4, 0.5) is 0 Å². The molecule has 0 rings (SSSR count). The zero-order valence-electron chi connectivity index (χ0n) is 12.9. The van der Waals surface area contributed by atoms with Crippen LogP contribution < -0.4 is 5.32 Å². The lowest BCUT2D eigenvalue weighted by Gasteiger charge is -2.26. The van der Waals surface area contributed by atoms with Gasteiger partial charge in [0.05, 0.1) is 0 Å². The summed E-state index contributed by atoms with van der Waals surface area (Å²) in [6.07, 6.45) is 5.30. The average Bonchev–Trinajstić information content (AvgIpc) is 2.21. The molecular weight excluding hydrogens is 208 g/mol. The lowest BCUT2D eigenvalue weighted by Crippen LogP contribution is -2.31. The van der Waals surface area contributed by atoms with E-state index in [1.165, 1.54) is 38.8 Å². The molecule has 0 saturated heterocycles. The van der Waals surface area contributed by atoms with Crippen molar-refractivity contribution in [3.63, 3.8) is 0 Å². The molecule has 0 radical (unpaired) electrons. The topological polar surface area (TPSA) is 15.3 Å². The Kier molecular flexibility index (Phi) is 9.85. The van der Waals surface area contributed by atoms with Crippen molar-refractivity contribution in [2.75, 3.05) is 20.1 Å². The Labute approximate surface area is 109 Å². The van der Waals surface area contributed by atoms with Crippen LogP contribution in [0.2, 0.25) is 0 Å². The second-order valence-corrected chi connectivity index (χ2v) is 6.13. The highest BCUT2D eigenvalue weighted by atomic mass is 15.1. The highest BCUT2D eigenvalue weighted by Gasteiger charge is 2.09. The smallest absolute Gasteiger partial charge is 0.00663 e. The molecule has 1 N–H and O–H groups in total. The van der Waals surface area contributed by atoms with E-state index in [9.17, 15) is 0 Å². The zero-order chi connectivity index (χ0) is 13.3. The maximum Gasteiger partial charge on any atom is 0.00663 e. The molecule has 0 bridgehead atoms. The van der Waals surface area contributed by atoms with Crippen molar-refractivity contribution < 1.29 is 0 Å². The van der Waals surface area contributed by atoms with Crippen LogP contribution >= 0.6 is 0 Å². The predicted octanol–water partition coefficient (Wildman–Crippen LogP) is 3.52. The monoisotopic (exact) mass is 242 g/mol. The summed E-state index contributed by atoms with van der Waals surface area (Å²) in [4.78, 5) is 2.51. The molecule has 1 atom stereocenters. The summed E-state index contributed by atoms with van der Waals surface area (Å²) in [5.74, 6) is 0.808. The van der Waals surface area contributed by atoms with Gasteiger partial charge < -0.3 is 10.2 Å². The minimum absolute atomic E-state index is 0.628. The van der Waals surface area contributed by atoms with Gasteiger partial charge in [0.1, 0.15) is 0 Å². The van der Waals surface area contributed by atoms with Crippen molar-refractivity contribution in [3.05, 3.63) is 0 Å². The molecule has 1 unspecified atom stereocenters. The summed E-state index contributed by atoms with van der Waals surface area (Å²) in [5.41, 5.74) is 0. The zero-order valence-corrected chi connectivity index (χ0v) is 12.9. The number of hydrogen-bond acceptors (Lipinski definition) is 2. The fourth-order valence-electron chi connectivity index (χ4n) is 2.14. The molecule has 104 valence electrons. The van der Waals surface area contributed by atoms with Crippen molar-refractivity contribution in [1.29, 1.82) is 0 Å². The highest BCUT2D eigenvalue weighted by molar-refractivity contribution is 4.65. The van der Waals surface area contributed by atoms with E-state index in [0.717, 1.165) is 12.0 Å². The maximum absolute atomic E-state index is 3.47. The van der Waals surface area contributed by atoms with Gasteiger partial charge in [0.2, 0.25) is 0 Å². The van der Waals surface area contributed by atoms with Gasteiger partial charge in [-0.25, -0.2) is 0 Å². The predicted molar refractivity (Wildman–Crippen MR) is 78.5 cm³/mol. The molecule has 2 nitrogen and oxygen atoms in total. The molecule has 0 saturated carbocycles. The summed E-state index contributed by atoms with van der Waals surface area (Å²) < 4.78 is 0. The van der Waals surface area contributed by atoms with Crippen LogP contribution in [0.25, 0.3) is 0 Å². The van der Waals surface area contributed by atoms with E-state index >= 15 is 0 Å². The number of nitrogens with one attached hydrogen (secondary N) is 1. The van der Waals surface area contributed by atoms with Crippen LogP contribution in [0.15, 0.2) is 0 Å². The molecule has 0 fully saturated rings. The first-order valence-corrected chi connectivity index (χ1v) is 7.37. The quantitative estimate of drug-likeness (QED) is 0.590. The van der Waals surface area contributed by atoms with Gasteiger partial charge in [-0.2, -0.15) is 0 Å². The summed E-state index contributed by atoms with van der Waals surface area (Å²) in [7, 11) is 2.26. The van der Waals surface area contributed by atoms with Gasteiger partial charge in [-0.1, -0.05) is 34.1 Å². The van der Waals surface area contributed by atoms with Crippen LogP contribution in [0, 0.1) is 5.92 Å². The van der Waals surface area contributed by atoms with E-state index in [4.69, 9.17) is 0 Å². The lowest BCUT2D eigenvalue weighted by atomic mass is 10.0. The van der Waals surface area contributed by atoms with E-state index in [1.54, 1.807) is 0 Å². The van der Waals surface area contributed by atoms with E-state index < -0.39 is 0 Å². The third-order valence-electron chi connectivity index (χ3n) is 3.31. The van der Waals surface area contributed by atoms with Crippen molar-refractivity contribution in [2.45, 2.75) is 72.4 Å². The van der Waals surface area contributed by atoms with Gasteiger partial charge in [0.25, 0.3) is 0 Å². The van der Waals surface area contributed by atoms with Gasteiger partial charge in [-0.05, 0) is 52.2 Å². The largest absolute Gasteiger partial charge is 0.315 e. The lowest BCUT2D eigenvalue weighted by molar-refractivity contribution is 0.224. The minimum atomic E-state index is 0.628. The van der Waals surface area contributed by atoms with Gasteiger partial charge in [-0.3, -0.25) is 0 Å². The Hall–Kier alpha value is -0.0800. The van der Waals surface area contributed by atoms with Gasteiger partial charge in [-0.15, -0.1) is 0 Å². The van der Waals surface area contributed by atoms with Gasteiger partial charge in [0.15, 0.2) is 0 Å². The fraction of sp³-hybridized carbons (Fsp3) is 1.00. The molecule has 0 aliphatic heterocycles. The summed E-state index contributed by atoms with van der Waals surface area (Å²) >= 11 is 0. The highest BCUT2D eigenvalue weighted by Crippen LogP contribution is 2.10. The molecule has 0 heterocycles. The molecule has 0 aliphatic rings. The third-order valence-corrected chi connectivity index (χ3v) is 3.31. The molecule has 0 aromatic carbocycles. The van der Waals surface area contributed by atoms with Crippen LogP contribution in [0.5, 0.6) is 0 Å². The summed E-state index contributed by atoms with van der Waals surface area (Å²) in [5, 5.41) is 3.47. The molecule has 0 aliphatic carbocycles. The normalized spacial score (nSPS) is 13.9. The molecule has 17 heavy (non-hydrogen) atoms. The Morgan fingerprint density at radius 2 is 1.59 bits per heavy atom. The number of hydrogen-bond donors (Lipinski definition) is 1. The van der Waals surface area contributed by atoms with E-state index in [2.05, 4.69) is 51.9 Å². The molecule has 0 aromatic heterocycles. The van der Waals surface area contributed by atoms with Crippen molar-refractivity contribution in [2.24, 2.45) is 5.92 Å². The maximum atomic E-state index is 3.47. The summed E-state index contributed by atoms with van der Waals surface area (Å²) in [6, 6.07) is 1.35. The Balaban J connectivity index is 3.41. The molecule has 0 spiro atoms. The van der Waals surface area contributed by atoms with E-state index in [1.807, 2.05) is 0 Å². The fourth-order valence-corrected chi connectivity index (χ4v) is 2.14. The van der Waals surface area contributed by atoms with E-state index in [-0.39, 0.29) is 0 Å².